The fraction of sp³-hybridized carbons (Fsp3) is 0.214. The van der Waals surface area contributed by atoms with Crippen LogP contribution in [-0.2, 0) is 11.3 Å². The molecule has 1 aromatic heterocycles. The number of ether oxygens (including phenoxy) is 2. The van der Waals surface area contributed by atoms with Gasteiger partial charge in [0.25, 0.3) is 0 Å². The molecule has 0 saturated heterocycles. The van der Waals surface area contributed by atoms with Crippen LogP contribution in [-0.4, -0.2) is 18.1 Å². The molecule has 0 saturated carbocycles. The van der Waals surface area contributed by atoms with Crippen LogP contribution in [0.2, 0.25) is 5.02 Å². The van der Waals surface area contributed by atoms with Crippen LogP contribution in [0.15, 0.2) is 18.2 Å². The first-order valence-corrected chi connectivity index (χ1v) is 7.11. The molecule has 0 aliphatic rings. The van der Waals surface area contributed by atoms with E-state index < -0.39 is 5.97 Å². The number of halogens is 1. The Balaban J connectivity index is 2.18. The molecule has 0 atom stereocenters. The second kappa shape index (κ2) is 6.68. The Morgan fingerprint density at radius 1 is 1.52 bits per heavy atom. The number of carbonyl (C=O) groups is 1. The van der Waals surface area contributed by atoms with Crippen LogP contribution in [0.5, 0.6) is 5.75 Å². The number of hydrogen-bond acceptors (Lipinski definition) is 6. The predicted octanol–water partition coefficient (Wildman–Crippen LogP) is 3.34. The van der Waals surface area contributed by atoms with Gasteiger partial charge in [-0.1, -0.05) is 11.6 Å². The summed E-state index contributed by atoms with van der Waals surface area (Å²) in [5.74, 6) is -0.224. The van der Waals surface area contributed by atoms with Crippen molar-refractivity contribution in [3.8, 4) is 11.8 Å². The topological polar surface area (TPSA) is 72.2 Å². The van der Waals surface area contributed by atoms with E-state index in [1.54, 1.807) is 14.0 Å². The zero-order chi connectivity index (χ0) is 15.4. The van der Waals surface area contributed by atoms with Crippen molar-refractivity contribution in [3.05, 3.63) is 44.4 Å². The first-order valence-electron chi connectivity index (χ1n) is 5.92. The summed E-state index contributed by atoms with van der Waals surface area (Å²) in [7, 11) is 1.56. The second-order valence-electron chi connectivity index (χ2n) is 4.10. The SMILES string of the molecule is COCc1nc(C)c(C(=O)Oc2ccc(C#N)c(Cl)c2)s1. The van der Waals surface area contributed by atoms with E-state index in [1.807, 2.05) is 6.07 Å². The number of thiazole rings is 1. The second-order valence-corrected chi connectivity index (χ2v) is 5.59. The minimum atomic E-state index is -0.506. The molecule has 0 spiro atoms. The Morgan fingerprint density at radius 2 is 2.29 bits per heavy atom. The van der Waals surface area contributed by atoms with Gasteiger partial charge in [-0.3, -0.25) is 0 Å². The van der Waals surface area contributed by atoms with Crippen LogP contribution in [0.25, 0.3) is 0 Å². The van der Waals surface area contributed by atoms with Crippen molar-refractivity contribution in [2.45, 2.75) is 13.5 Å². The van der Waals surface area contributed by atoms with Gasteiger partial charge in [-0.05, 0) is 19.1 Å². The van der Waals surface area contributed by atoms with Crippen LogP contribution in [0.3, 0.4) is 0 Å². The predicted molar refractivity (Wildman–Crippen MR) is 78.7 cm³/mol. The quantitative estimate of drug-likeness (QED) is 0.637. The summed E-state index contributed by atoms with van der Waals surface area (Å²) in [5.41, 5.74) is 0.921. The van der Waals surface area contributed by atoms with Crippen molar-refractivity contribution in [2.75, 3.05) is 7.11 Å². The largest absolute Gasteiger partial charge is 0.422 e. The molecule has 2 rings (SSSR count). The molecule has 5 nitrogen and oxygen atoms in total. The molecule has 108 valence electrons. The van der Waals surface area contributed by atoms with E-state index in [9.17, 15) is 4.79 Å². The van der Waals surface area contributed by atoms with E-state index in [0.29, 0.717) is 27.7 Å². The van der Waals surface area contributed by atoms with Crippen molar-refractivity contribution < 1.29 is 14.3 Å². The van der Waals surface area contributed by atoms with Gasteiger partial charge in [0, 0.05) is 13.2 Å². The Hall–Kier alpha value is -1.94. The zero-order valence-electron chi connectivity index (χ0n) is 11.3. The van der Waals surface area contributed by atoms with E-state index in [2.05, 4.69) is 4.98 Å². The molecule has 0 unspecified atom stereocenters. The molecular weight excluding hydrogens is 312 g/mol. The molecule has 0 bridgehead atoms. The first kappa shape index (κ1) is 15.4. The number of rotatable bonds is 4. The lowest BCUT2D eigenvalue weighted by Crippen LogP contribution is -2.08. The monoisotopic (exact) mass is 322 g/mol. The molecule has 1 aromatic carbocycles. The zero-order valence-corrected chi connectivity index (χ0v) is 12.9. The summed E-state index contributed by atoms with van der Waals surface area (Å²) in [5, 5.41) is 9.75. The minimum Gasteiger partial charge on any atom is -0.422 e. The fourth-order valence-electron chi connectivity index (χ4n) is 1.63. The molecule has 0 aliphatic heterocycles. The van der Waals surface area contributed by atoms with Gasteiger partial charge in [-0.2, -0.15) is 5.26 Å². The van der Waals surface area contributed by atoms with E-state index >= 15 is 0 Å². The third-order valence-electron chi connectivity index (χ3n) is 2.57. The maximum Gasteiger partial charge on any atom is 0.355 e. The van der Waals surface area contributed by atoms with Crippen LogP contribution in [0.1, 0.15) is 25.9 Å². The van der Waals surface area contributed by atoms with Gasteiger partial charge in [0.1, 0.15) is 21.7 Å². The summed E-state index contributed by atoms with van der Waals surface area (Å²) >= 11 is 7.12. The maximum atomic E-state index is 12.1. The van der Waals surface area contributed by atoms with Gasteiger partial charge in [0.05, 0.1) is 22.9 Å². The lowest BCUT2D eigenvalue weighted by Gasteiger charge is -2.04. The smallest absolute Gasteiger partial charge is 0.355 e. The van der Waals surface area contributed by atoms with Gasteiger partial charge in [-0.15, -0.1) is 11.3 Å². The van der Waals surface area contributed by atoms with E-state index in [0.717, 1.165) is 0 Å². The highest BCUT2D eigenvalue weighted by molar-refractivity contribution is 7.13. The van der Waals surface area contributed by atoms with Gasteiger partial charge < -0.3 is 9.47 Å². The molecule has 7 heteroatoms. The summed E-state index contributed by atoms with van der Waals surface area (Å²) in [6.45, 7) is 2.08. The number of nitriles is 1. The minimum absolute atomic E-state index is 0.240. The molecule has 0 amide bonds. The molecule has 0 aliphatic carbocycles. The maximum absolute atomic E-state index is 12.1. The summed E-state index contributed by atoms with van der Waals surface area (Å²) in [6.07, 6.45) is 0. The Kier molecular flexibility index (Phi) is 4.91. The Labute approximate surface area is 130 Å². The standard InChI is InChI=1S/C14H11ClN2O3S/c1-8-13(21-12(17-8)7-19-2)14(18)20-10-4-3-9(6-16)11(15)5-10/h3-5H,7H2,1-2H3. The lowest BCUT2D eigenvalue weighted by atomic mass is 10.2. The summed E-state index contributed by atoms with van der Waals surface area (Å²) in [4.78, 5) is 16.8. The number of aryl methyl sites for hydroxylation is 1. The van der Waals surface area contributed by atoms with Gasteiger partial charge >= 0.3 is 5.97 Å². The van der Waals surface area contributed by atoms with Crippen LogP contribution in [0.4, 0.5) is 0 Å². The third-order valence-corrected chi connectivity index (χ3v) is 3.99. The van der Waals surface area contributed by atoms with E-state index in [1.165, 1.54) is 29.5 Å². The number of benzene rings is 1. The summed E-state index contributed by atoms with van der Waals surface area (Å²) < 4.78 is 10.2. The fourth-order valence-corrected chi connectivity index (χ4v) is 2.76. The highest BCUT2D eigenvalue weighted by Gasteiger charge is 2.17. The van der Waals surface area contributed by atoms with Crippen molar-refractivity contribution in [1.29, 1.82) is 5.26 Å². The van der Waals surface area contributed by atoms with Crippen molar-refractivity contribution in [2.24, 2.45) is 0 Å². The first-order chi connectivity index (χ1) is 10.0. The number of hydrogen-bond donors (Lipinski definition) is 0. The highest BCUT2D eigenvalue weighted by Crippen LogP contribution is 2.25. The number of methoxy groups -OCH3 is 1. The van der Waals surface area contributed by atoms with Crippen molar-refractivity contribution >= 4 is 28.9 Å². The Bertz CT molecular complexity index is 721. The molecule has 0 N–H and O–H groups in total. The molecule has 0 fully saturated rings. The number of carbonyl (C=O) groups excluding carboxylic acids is 1. The molecular formula is C14H11ClN2O3S. The molecule has 1 heterocycles. The van der Waals surface area contributed by atoms with Crippen LogP contribution in [0, 0.1) is 18.3 Å². The number of aromatic nitrogens is 1. The van der Waals surface area contributed by atoms with Gasteiger partial charge in [0.2, 0.25) is 0 Å². The van der Waals surface area contributed by atoms with E-state index in [4.69, 9.17) is 26.3 Å². The Morgan fingerprint density at radius 3 is 2.90 bits per heavy atom. The highest BCUT2D eigenvalue weighted by atomic mass is 35.5. The average molecular weight is 323 g/mol. The third kappa shape index (κ3) is 3.58. The average Bonchev–Trinajstić information content (AvgIpc) is 2.80. The summed E-state index contributed by atoms with van der Waals surface area (Å²) in [6, 6.07) is 6.40. The number of nitrogens with zero attached hydrogens (tertiary/aromatic N) is 2. The lowest BCUT2D eigenvalue weighted by molar-refractivity contribution is 0.0739. The number of esters is 1. The van der Waals surface area contributed by atoms with Crippen LogP contribution >= 0.6 is 22.9 Å². The molecule has 0 radical (unpaired) electrons. The van der Waals surface area contributed by atoms with E-state index in [-0.39, 0.29) is 10.8 Å². The van der Waals surface area contributed by atoms with Crippen molar-refractivity contribution in [3.63, 3.8) is 0 Å². The van der Waals surface area contributed by atoms with Gasteiger partial charge in [-0.25, -0.2) is 9.78 Å². The van der Waals surface area contributed by atoms with Crippen LogP contribution < -0.4 is 4.74 Å². The normalized spacial score (nSPS) is 10.2. The van der Waals surface area contributed by atoms with Gasteiger partial charge in [0.15, 0.2) is 0 Å². The molecule has 2 aromatic rings. The van der Waals surface area contributed by atoms with Crippen molar-refractivity contribution in [1.82, 2.24) is 4.98 Å². The molecule has 21 heavy (non-hydrogen) atoms.